The van der Waals surface area contributed by atoms with E-state index in [2.05, 4.69) is 10.4 Å². The first-order valence-corrected chi connectivity index (χ1v) is 6.92. The number of aromatic nitrogens is 2. The van der Waals surface area contributed by atoms with Crippen LogP contribution in [0.2, 0.25) is 0 Å². The number of nitrogens with one attached hydrogen (secondary N) is 1. The zero-order chi connectivity index (χ0) is 14.1. The van der Waals surface area contributed by atoms with Crippen LogP contribution in [-0.4, -0.2) is 22.2 Å². The van der Waals surface area contributed by atoms with Crippen LogP contribution in [0.4, 0.5) is 5.69 Å². The highest BCUT2D eigenvalue weighted by Crippen LogP contribution is 2.39. The SMILES string of the molecule is CCNC(=O)c1ccc(-n2ccc(C3CC3)n2)c(N)c1. The third-order valence-electron chi connectivity index (χ3n) is 3.48. The Balaban J connectivity index is 1.87. The van der Waals surface area contributed by atoms with Gasteiger partial charge in [-0.05, 0) is 44.0 Å². The van der Waals surface area contributed by atoms with Gasteiger partial charge in [0.15, 0.2) is 0 Å². The molecule has 5 heteroatoms. The number of nitrogens with zero attached hydrogens (tertiary/aromatic N) is 2. The maximum atomic E-state index is 11.8. The fourth-order valence-electron chi connectivity index (χ4n) is 2.24. The van der Waals surface area contributed by atoms with Crippen LogP contribution in [0.1, 0.15) is 41.7 Å². The smallest absolute Gasteiger partial charge is 0.251 e. The lowest BCUT2D eigenvalue weighted by Gasteiger charge is -2.08. The van der Waals surface area contributed by atoms with Crippen molar-refractivity contribution in [2.24, 2.45) is 0 Å². The van der Waals surface area contributed by atoms with Gasteiger partial charge in [0.25, 0.3) is 5.91 Å². The first-order chi connectivity index (χ1) is 9.69. The Bertz CT molecular complexity index is 643. The summed E-state index contributed by atoms with van der Waals surface area (Å²) in [4.78, 5) is 11.8. The fraction of sp³-hybridized carbons (Fsp3) is 0.333. The molecule has 0 radical (unpaired) electrons. The van der Waals surface area contributed by atoms with Gasteiger partial charge in [0, 0.05) is 24.2 Å². The lowest BCUT2D eigenvalue weighted by molar-refractivity contribution is 0.0956. The molecule has 0 spiro atoms. The third-order valence-corrected chi connectivity index (χ3v) is 3.48. The number of rotatable bonds is 4. The highest BCUT2D eigenvalue weighted by atomic mass is 16.1. The predicted molar refractivity (Wildman–Crippen MR) is 78.0 cm³/mol. The van der Waals surface area contributed by atoms with Crippen LogP contribution in [-0.2, 0) is 0 Å². The average molecular weight is 270 g/mol. The van der Waals surface area contributed by atoms with Gasteiger partial charge < -0.3 is 11.1 Å². The normalized spacial score (nSPS) is 14.2. The highest BCUT2D eigenvalue weighted by Gasteiger charge is 2.26. The van der Waals surface area contributed by atoms with Crippen molar-refractivity contribution in [2.45, 2.75) is 25.7 Å². The van der Waals surface area contributed by atoms with Crippen molar-refractivity contribution in [1.82, 2.24) is 15.1 Å². The van der Waals surface area contributed by atoms with E-state index in [9.17, 15) is 4.79 Å². The topological polar surface area (TPSA) is 72.9 Å². The molecule has 1 saturated carbocycles. The van der Waals surface area contributed by atoms with E-state index in [-0.39, 0.29) is 5.91 Å². The zero-order valence-corrected chi connectivity index (χ0v) is 11.5. The van der Waals surface area contributed by atoms with Crippen LogP contribution >= 0.6 is 0 Å². The van der Waals surface area contributed by atoms with Gasteiger partial charge >= 0.3 is 0 Å². The quantitative estimate of drug-likeness (QED) is 0.835. The highest BCUT2D eigenvalue weighted by molar-refractivity contribution is 5.95. The van der Waals surface area contributed by atoms with Crippen LogP contribution in [0.15, 0.2) is 30.5 Å². The number of hydrogen-bond acceptors (Lipinski definition) is 3. The number of amides is 1. The van der Waals surface area contributed by atoms with Gasteiger partial charge in [0.2, 0.25) is 0 Å². The molecular weight excluding hydrogens is 252 g/mol. The summed E-state index contributed by atoms with van der Waals surface area (Å²) < 4.78 is 1.78. The average Bonchev–Trinajstić information content (AvgIpc) is 3.17. The molecule has 2 aromatic rings. The summed E-state index contributed by atoms with van der Waals surface area (Å²) in [5, 5.41) is 7.31. The minimum atomic E-state index is -0.107. The molecule has 1 aromatic carbocycles. The molecule has 1 fully saturated rings. The van der Waals surface area contributed by atoms with Gasteiger partial charge in [-0.25, -0.2) is 4.68 Å². The Kier molecular flexibility index (Phi) is 3.18. The van der Waals surface area contributed by atoms with E-state index in [0.29, 0.717) is 23.7 Å². The van der Waals surface area contributed by atoms with E-state index in [1.54, 1.807) is 16.8 Å². The van der Waals surface area contributed by atoms with Gasteiger partial charge in [-0.3, -0.25) is 4.79 Å². The number of nitrogen functional groups attached to an aromatic ring is 1. The lowest BCUT2D eigenvalue weighted by atomic mass is 10.1. The molecular formula is C15H18N4O. The summed E-state index contributed by atoms with van der Waals surface area (Å²) in [6.07, 6.45) is 4.37. The molecule has 1 aliphatic rings. The molecule has 0 aliphatic heterocycles. The van der Waals surface area contributed by atoms with Crippen molar-refractivity contribution < 1.29 is 4.79 Å². The Hall–Kier alpha value is -2.30. The maximum absolute atomic E-state index is 11.8. The van der Waals surface area contributed by atoms with Gasteiger partial charge in [-0.2, -0.15) is 5.10 Å². The summed E-state index contributed by atoms with van der Waals surface area (Å²) in [6, 6.07) is 7.34. The van der Waals surface area contributed by atoms with Crippen LogP contribution in [0, 0.1) is 0 Å². The maximum Gasteiger partial charge on any atom is 0.251 e. The summed E-state index contributed by atoms with van der Waals surface area (Å²) >= 11 is 0. The van der Waals surface area contributed by atoms with E-state index in [1.807, 2.05) is 25.3 Å². The number of anilines is 1. The molecule has 0 saturated heterocycles. The van der Waals surface area contributed by atoms with E-state index < -0.39 is 0 Å². The van der Waals surface area contributed by atoms with Crippen LogP contribution in [0.3, 0.4) is 0 Å². The van der Waals surface area contributed by atoms with E-state index in [4.69, 9.17) is 5.73 Å². The van der Waals surface area contributed by atoms with Crippen molar-refractivity contribution in [3.8, 4) is 5.69 Å². The molecule has 1 amide bonds. The first kappa shape index (κ1) is 12.7. The molecule has 20 heavy (non-hydrogen) atoms. The Morgan fingerprint density at radius 2 is 2.25 bits per heavy atom. The molecule has 1 heterocycles. The zero-order valence-electron chi connectivity index (χ0n) is 11.5. The van der Waals surface area contributed by atoms with Gasteiger partial charge in [-0.1, -0.05) is 0 Å². The van der Waals surface area contributed by atoms with Crippen LogP contribution < -0.4 is 11.1 Å². The standard InChI is InChI=1S/C15H18N4O/c1-2-17-15(20)11-5-6-14(12(16)9-11)19-8-7-13(18-19)10-3-4-10/h5-10H,2-4,16H2,1H3,(H,17,20). The van der Waals surface area contributed by atoms with Crippen molar-refractivity contribution in [2.75, 3.05) is 12.3 Å². The summed E-state index contributed by atoms with van der Waals surface area (Å²) in [5.41, 5.74) is 9.11. The molecule has 3 N–H and O–H groups in total. The molecule has 0 atom stereocenters. The number of carbonyl (C=O) groups is 1. The van der Waals surface area contributed by atoms with Crippen LogP contribution in [0.25, 0.3) is 5.69 Å². The third kappa shape index (κ3) is 2.39. The van der Waals surface area contributed by atoms with Gasteiger partial charge in [0.1, 0.15) is 0 Å². The molecule has 1 aliphatic carbocycles. The largest absolute Gasteiger partial charge is 0.397 e. The van der Waals surface area contributed by atoms with Crippen LogP contribution in [0.5, 0.6) is 0 Å². The number of hydrogen-bond donors (Lipinski definition) is 2. The minimum absolute atomic E-state index is 0.107. The molecule has 1 aromatic heterocycles. The van der Waals surface area contributed by atoms with Gasteiger partial charge in [-0.15, -0.1) is 0 Å². The van der Waals surface area contributed by atoms with Crippen molar-refractivity contribution in [3.05, 3.63) is 41.7 Å². The van der Waals surface area contributed by atoms with Crippen molar-refractivity contribution in [1.29, 1.82) is 0 Å². The number of nitrogens with two attached hydrogens (primary N) is 1. The molecule has 0 unspecified atom stereocenters. The second kappa shape index (κ2) is 5.00. The molecule has 104 valence electrons. The predicted octanol–water partition coefficient (Wildman–Crippen LogP) is 2.08. The summed E-state index contributed by atoms with van der Waals surface area (Å²) in [6.45, 7) is 2.49. The second-order valence-corrected chi connectivity index (χ2v) is 5.09. The molecule has 3 rings (SSSR count). The van der Waals surface area contributed by atoms with Crippen molar-refractivity contribution >= 4 is 11.6 Å². The minimum Gasteiger partial charge on any atom is -0.397 e. The van der Waals surface area contributed by atoms with Crippen molar-refractivity contribution in [3.63, 3.8) is 0 Å². The number of benzene rings is 1. The monoisotopic (exact) mass is 270 g/mol. The van der Waals surface area contributed by atoms with Gasteiger partial charge in [0.05, 0.1) is 17.1 Å². The lowest BCUT2D eigenvalue weighted by Crippen LogP contribution is -2.22. The Labute approximate surface area is 117 Å². The van der Waals surface area contributed by atoms with E-state index in [0.717, 1.165) is 11.4 Å². The summed E-state index contributed by atoms with van der Waals surface area (Å²) in [7, 11) is 0. The second-order valence-electron chi connectivity index (χ2n) is 5.09. The number of carbonyl (C=O) groups excluding carboxylic acids is 1. The first-order valence-electron chi connectivity index (χ1n) is 6.92. The molecule has 5 nitrogen and oxygen atoms in total. The Morgan fingerprint density at radius 3 is 2.90 bits per heavy atom. The van der Waals surface area contributed by atoms with E-state index >= 15 is 0 Å². The fourth-order valence-corrected chi connectivity index (χ4v) is 2.24. The van der Waals surface area contributed by atoms with E-state index in [1.165, 1.54) is 12.8 Å². The summed E-state index contributed by atoms with van der Waals surface area (Å²) in [5.74, 6) is 0.511. The Morgan fingerprint density at radius 1 is 1.45 bits per heavy atom. The molecule has 0 bridgehead atoms.